The molecule has 1 aliphatic carbocycles. The van der Waals surface area contributed by atoms with Crippen molar-refractivity contribution >= 4 is 17.7 Å². The van der Waals surface area contributed by atoms with E-state index in [-0.39, 0.29) is 5.91 Å². The van der Waals surface area contributed by atoms with Crippen molar-refractivity contribution in [2.45, 2.75) is 47.1 Å². The standard InChI is InChI=1S/C18H26N4O/c1-5-22(6-2)10-15-11(3)16(19-12(15)4)9-14-17(13-7-8-13)20-21-18(14)23/h9,13,19H,5-8,10H2,1-4H3,(H,21,23)/b14-9-. The highest BCUT2D eigenvalue weighted by molar-refractivity contribution is 6.28. The molecule has 0 atom stereocenters. The predicted molar refractivity (Wildman–Crippen MR) is 93.2 cm³/mol. The number of aromatic amines is 1. The van der Waals surface area contributed by atoms with Gasteiger partial charge in [-0.15, -0.1) is 0 Å². The lowest BCUT2D eigenvalue weighted by molar-refractivity contribution is -0.116. The van der Waals surface area contributed by atoms with Crippen LogP contribution in [0.2, 0.25) is 0 Å². The van der Waals surface area contributed by atoms with Crippen molar-refractivity contribution in [3.63, 3.8) is 0 Å². The van der Waals surface area contributed by atoms with E-state index in [1.165, 1.54) is 16.8 Å². The average Bonchev–Trinajstić information content (AvgIpc) is 3.27. The maximum absolute atomic E-state index is 12.1. The van der Waals surface area contributed by atoms with E-state index in [9.17, 15) is 4.79 Å². The van der Waals surface area contributed by atoms with E-state index < -0.39 is 0 Å². The molecule has 1 fully saturated rings. The van der Waals surface area contributed by atoms with Crippen LogP contribution in [0.25, 0.3) is 6.08 Å². The van der Waals surface area contributed by atoms with Gasteiger partial charge in [-0.3, -0.25) is 9.69 Å². The Morgan fingerprint density at radius 1 is 1.26 bits per heavy atom. The summed E-state index contributed by atoms with van der Waals surface area (Å²) in [5.41, 5.74) is 9.06. The Morgan fingerprint density at radius 3 is 2.57 bits per heavy atom. The van der Waals surface area contributed by atoms with Gasteiger partial charge in [0.1, 0.15) is 0 Å². The van der Waals surface area contributed by atoms with Gasteiger partial charge < -0.3 is 4.98 Å². The summed E-state index contributed by atoms with van der Waals surface area (Å²) in [4.78, 5) is 17.9. The predicted octanol–water partition coefficient (Wildman–Crippen LogP) is 2.75. The smallest absolute Gasteiger partial charge is 0.273 e. The quantitative estimate of drug-likeness (QED) is 0.793. The number of aryl methyl sites for hydroxylation is 1. The van der Waals surface area contributed by atoms with Crippen LogP contribution in [0.5, 0.6) is 0 Å². The lowest BCUT2D eigenvalue weighted by atomic mass is 10.0. The minimum absolute atomic E-state index is 0.0798. The van der Waals surface area contributed by atoms with Crippen LogP contribution in [-0.2, 0) is 11.3 Å². The molecule has 0 radical (unpaired) electrons. The summed E-state index contributed by atoms with van der Waals surface area (Å²) >= 11 is 0. The zero-order valence-corrected chi connectivity index (χ0v) is 14.5. The van der Waals surface area contributed by atoms with E-state index in [1.807, 2.05) is 6.08 Å². The third-order valence-electron chi connectivity index (χ3n) is 4.96. The molecule has 1 aromatic heterocycles. The van der Waals surface area contributed by atoms with Gasteiger partial charge >= 0.3 is 0 Å². The van der Waals surface area contributed by atoms with Crippen molar-refractivity contribution in [3.05, 3.63) is 28.1 Å². The van der Waals surface area contributed by atoms with E-state index in [0.29, 0.717) is 5.92 Å². The molecular weight excluding hydrogens is 288 g/mol. The first-order valence-electron chi connectivity index (χ1n) is 8.55. The fourth-order valence-corrected chi connectivity index (χ4v) is 3.17. The van der Waals surface area contributed by atoms with Gasteiger partial charge in [-0.2, -0.15) is 5.10 Å². The molecule has 0 spiro atoms. The molecule has 2 N–H and O–H groups in total. The van der Waals surface area contributed by atoms with Crippen molar-refractivity contribution in [2.24, 2.45) is 11.0 Å². The molecule has 124 valence electrons. The Bertz CT molecular complexity index is 675. The summed E-state index contributed by atoms with van der Waals surface area (Å²) in [6.45, 7) is 11.6. The number of hydrazone groups is 1. The zero-order chi connectivity index (χ0) is 16.6. The van der Waals surface area contributed by atoms with E-state index in [2.05, 4.69) is 48.1 Å². The zero-order valence-electron chi connectivity index (χ0n) is 14.5. The van der Waals surface area contributed by atoms with Crippen LogP contribution in [-0.4, -0.2) is 34.6 Å². The van der Waals surface area contributed by atoms with Crippen molar-refractivity contribution in [3.8, 4) is 0 Å². The molecular formula is C18H26N4O. The minimum Gasteiger partial charge on any atom is -0.359 e. The maximum Gasteiger partial charge on any atom is 0.273 e. The molecule has 2 aliphatic rings. The van der Waals surface area contributed by atoms with Gasteiger partial charge in [-0.05, 0) is 57.0 Å². The van der Waals surface area contributed by atoms with Crippen LogP contribution in [0.15, 0.2) is 10.7 Å². The Labute approximate surface area is 137 Å². The summed E-state index contributed by atoms with van der Waals surface area (Å²) in [5.74, 6) is 0.385. The first-order chi connectivity index (χ1) is 11.0. The molecule has 5 nitrogen and oxygen atoms in total. The Hall–Kier alpha value is -1.88. The van der Waals surface area contributed by atoms with Crippen LogP contribution < -0.4 is 5.43 Å². The molecule has 1 aliphatic heterocycles. The number of hydrogen-bond acceptors (Lipinski definition) is 3. The molecule has 5 heteroatoms. The summed E-state index contributed by atoms with van der Waals surface area (Å²) < 4.78 is 0. The van der Waals surface area contributed by atoms with Gasteiger partial charge in [0.25, 0.3) is 5.91 Å². The Balaban J connectivity index is 1.90. The van der Waals surface area contributed by atoms with Crippen molar-refractivity contribution in [1.82, 2.24) is 15.3 Å². The third kappa shape index (κ3) is 3.11. The molecule has 0 bridgehead atoms. The van der Waals surface area contributed by atoms with Gasteiger partial charge in [0.05, 0.1) is 11.3 Å². The molecule has 0 saturated heterocycles. The van der Waals surface area contributed by atoms with Gasteiger partial charge in [-0.25, -0.2) is 5.43 Å². The van der Waals surface area contributed by atoms with E-state index in [0.717, 1.165) is 49.5 Å². The average molecular weight is 314 g/mol. The number of carbonyl (C=O) groups is 1. The Kier molecular flexibility index (Phi) is 4.39. The summed E-state index contributed by atoms with van der Waals surface area (Å²) in [6, 6.07) is 0. The summed E-state index contributed by atoms with van der Waals surface area (Å²) in [6.07, 6.45) is 4.26. The fourth-order valence-electron chi connectivity index (χ4n) is 3.17. The molecule has 1 amide bonds. The highest BCUT2D eigenvalue weighted by atomic mass is 16.2. The molecule has 0 aromatic carbocycles. The van der Waals surface area contributed by atoms with Crippen LogP contribution >= 0.6 is 0 Å². The van der Waals surface area contributed by atoms with Gasteiger partial charge in [-0.1, -0.05) is 13.8 Å². The maximum atomic E-state index is 12.1. The van der Waals surface area contributed by atoms with E-state index >= 15 is 0 Å². The lowest BCUT2D eigenvalue weighted by Gasteiger charge is -2.18. The van der Waals surface area contributed by atoms with Crippen LogP contribution in [0.3, 0.4) is 0 Å². The number of amides is 1. The van der Waals surface area contributed by atoms with E-state index in [1.54, 1.807) is 0 Å². The number of aromatic nitrogens is 1. The molecule has 1 saturated carbocycles. The lowest BCUT2D eigenvalue weighted by Crippen LogP contribution is -2.22. The van der Waals surface area contributed by atoms with Crippen molar-refractivity contribution in [1.29, 1.82) is 0 Å². The number of H-pyrrole nitrogens is 1. The van der Waals surface area contributed by atoms with Gasteiger partial charge in [0.2, 0.25) is 0 Å². The number of nitrogens with one attached hydrogen (secondary N) is 2. The minimum atomic E-state index is -0.0798. The fraction of sp³-hybridized carbons (Fsp3) is 0.556. The largest absolute Gasteiger partial charge is 0.359 e. The van der Waals surface area contributed by atoms with Crippen LogP contribution in [0.4, 0.5) is 0 Å². The second-order valence-corrected chi connectivity index (χ2v) is 6.50. The monoisotopic (exact) mass is 314 g/mol. The number of carbonyl (C=O) groups excluding carboxylic acids is 1. The highest BCUT2D eigenvalue weighted by Crippen LogP contribution is 2.35. The highest BCUT2D eigenvalue weighted by Gasteiger charge is 2.36. The summed E-state index contributed by atoms with van der Waals surface area (Å²) in [5, 5.41) is 4.22. The van der Waals surface area contributed by atoms with Gasteiger partial charge in [0.15, 0.2) is 0 Å². The molecule has 3 rings (SSSR count). The van der Waals surface area contributed by atoms with Gasteiger partial charge in [0, 0.05) is 23.9 Å². The molecule has 23 heavy (non-hydrogen) atoms. The first kappa shape index (κ1) is 16.0. The van der Waals surface area contributed by atoms with Crippen LogP contribution in [0, 0.1) is 19.8 Å². The molecule has 0 unspecified atom stereocenters. The third-order valence-corrected chi connectivity index (χ3v) is 4.96. The summed E-state index contributed by atoms with van der Waals surface area (Å²) in [7, 11) is 0. The first-order valence-corrected chi connectivity index (χ1v) is 8.55. The topological polar surface area (TPSA) is 60.5 Å². The number of hydrogen-bond donors (Lipinski definition) is 2. The normalized spacial score (nSPS) is 19.6. The second-order valence-electron chi connectivity index (χ2n) is 6.50. The molecule has 2 heterocycles. The molecule has 1 aromatic rings. The second kappa shape index (κ2) is 6.32. The number of nitrogens with zero attached hydrogens (tertiary/aromatic N) is 2. The SMILES string of the molecule is CCN(CC)Cc1c(C)[nH]c(/C=C2\C(=O)NN=C2C2CC2)c1C. The van der Waals surface area contributed by atoms with Crippen LogP contribution in [0.1, 0.15) is 49.2 Å². The number of rotatable bonds is 6. The van der Waals surface area contributed by atoms with E-state index in [4.69, 9.17) is 0 Å². The Morgan fingerprint density at radius 2 is 1.96 bits per heavy atom. The van der Waals surface area contributed by atoms with Crippen molar-refractivity contribution in [2.75, 3.05) is 13.1 Å². The van der Waals surface area contributed by atoms with Crippen molar-refractivity contribution < 1.29 is 4.79 Å².